The van der Waals surface area contributed by atoms with Crippen LogP contribution in [0.4, 0.5) is 0 Å². The van der Waals surface area contributed by atoms with Crippen LogP contribution in [0.3, 0.4) is 0 Å². The number of ether oxygens (including phenoxy) is 2. The van der Waals surface area contributed by atoms with Crippen molar-refractivity contribution >= 4 is 12.6 Å². The van der Waals surface area contributed by atoms with E-state index in [2.05, 4.69) is 33.4 Å². The van der Waals surface area contributed by atoms with E-state index in [0.29, 0.717) is 12.0 Å². The molecule has 2 unspecified atom stereocenters. The Balaban J connectivity index is 2.17. The van der Waals surface area contributed by atoms with Gasteiger partial charge in [0.25, 0.3) is 0 Å². The molecule has 16 heavy (non-hydrogen) atoms. The first-order valence-corrected chi connectivity index (χ1v) is 6.97. The SMILES string of the molecule is CC(C)(C)C(CS)COCC1CCCCO1. The molecule has 0 radical (unpaired) electrons. The molecule has 1 aliphatic rings. The van der Waals surface area contributed by atoms with Crippen LogP contribution in [0.2, 0.25) is 0 Å². The topological polar surface area (TPSA) is 18.5 Å². The predicted octanol–water partition coefficient (Wildman–Crippen LogP) is 3.16. The highest BCUT2D eigenvalue weighted by atomic mass is 32.1. The Morgan fingerprint density at radius 1 is 1.38 bits per heavy atom. The van der Waals surface area contributed by atoms with E-state index in [1.54, 1.807) is 0 Å². The summed E-state index contributed by atoms with van der Waals surface area (Å²) in [5, 5.41) is 0. The summed E-state index contributed by atoms with van der Waals surface area (Å²) < 4.78 is 11.4. The zero-order valence-corrected chi connectivity index (χ0v) is 11.8. The lowest BCUT2D eigenvalue weighted by Crippen LogP contribution is -2.30. The fraction of sp³-hybridized carbons (Fsp3) is 1.00. The molecule has 1 aliphatic heterocycles. The summed E-state index contributed by atoms with van der Waals surface area (Å²) in [6.45, 7) is 9.19. The Bertz CT molecular complexity index is 183. The second-order valence-electron chi connectivity index (χ2n) is 5.77. The maximum Gasteiger partial charge on any atom is 0.0808 e. The van der Waals surface area contributed by atoms with Crippen LogP contribution in [0.25, 0.3) is 0 Å². The first kappa shape index (κ1) is 14.3. The first-order valence-electron chi connectivity index (χ1n) is 6.34. The van der Waals surface area contributed by atoms with E-state index in [1.165, 1.54) is 12.8 Å². The molecule has 0 saturated carbocycles. The number of hydrogen-bond donors (Lipinski definition) is 1. The van der Waals surface area contributed by atoms with Gasteiger partial charge in [-0.05, 0) is 36.3 Å². The predicted molar refractivity (Wildman–Crippen MR) is 71.2 cm³/mol. The molecule has 1 saturated heterocycles. The Labute approximate surface area is 105 Å². The van der Waals surface area contributed by atoms with Gasteiger partial charge in [-0.3, -0.25) is 0 Å². The molecule has 0 N–H and O–H groups in total. The highest BCUT2D eigenvalue weighted by Gasteiger charge is 2.24. The lowest BCUT2D eigenvalue weighted by atomic mass is 9.82. The van der Waals surface area contributed by atoms with Crippen molar-refractivity contribution in [3.05, 3.63) is 0 Å². The zero-order chi connectivity index (χ0) is 12.0. The summed E-state index contributed by atoms with van der Waals surface area (Å²) in [6.07, 6.45) is 3.97. The van der Waals surface area contributed by atoms with Gasteiger partial charge < -0.3 is 9.47 Å². The van der Waals surface area contributed by atoms with Crippen LogP contribution < -0.4 is 0 Å². The molecule has 0 bridgehead atoms. The molecule has 96 valence electrons. The van der Waals surface area contributed by atoms with Crippen molar-refractivity contribution in [3.8, 4) is 0 Å². The van der Waals surface area contributed by atoms with Gasteiger partial charge in [-0.25, -0.2) is 0 Å². The van der Waals surface area contributed by atoms with E-state index in [1.807, 2.05) is 0 Å². The van der Waals surface area contributed by atoms with Crippen LogP contribution in [-0.2, 0) is 9.47 Å². The molecule has 2 nitrogen and oxygen atoms in total. The molecule has 3 heteroatoms. The number of thiol groups is 1. The van der Waals surface area contributed by atoms with Crippen LogP contribution in [0, 0.1) is 11.3 Å². The van der Waals surface area contributed by atoms with E-state index in [4.69, 9.17) is 9.47 Å². The maximum absolute atomic E-state index is 5.78. The van der Waals surface area contributed by atoms with Crippen molar-refractivity contribution in [1.82, 2.24) is 0 Å². The molecule has 0 aromatic rings. The molecule has 1 heterocycles. The lowest BCUT2D eigenvalue weighted by Gasteiger charge is -2.30. The van der Waals surface area contributed by atoms with Gasteiger partial charge in [0, 0.05) is 6.61 Å². The molecule has 2 atom stereocenters. The minimum Gasteiger partial charge on any atom is -0.378 e. The van der Waals surface area contributed by atoms with Crippen molar-refractivity contribution in [2.75, 3.05) is 25.6 Å². The largest absolute Gasteiger partial charge is 0.378 e. The van der Waals surface area contributed by atoms with E-state index >= 15 is 0 Å². The lowest BCUT2D eigenvalue weighted by molar-refractivity contribution is -0.0518. The van der Waals surface area contributed by atoms with Gasteiger partial charge in [-0.1, -0.05) is 20.8 Å². The number of rotatable bonds is 5. The van der Waals surface area contributed by atoms with Crippen molar-refractivity contribution < 1.29 is 9.47 Å². The van der Waals surface area contributed by atoms with Crippen molar-refractivity contribution in [2.45, 2.75) is 46.1 Å². The normalized spacial score (nSPS) is 24.4. The minimum atomic E-state index is 0.273. The summed E-state index contributed by atoms with van der Waals surface area (Å²) in [5.74, 6) is 1.40. The van der Waals surface area contributed by atoms with Gasteiger partial charge in [0.05, 0.1) is 19.3 Å². The fourth-order valence-electron chi connectivity index (χ4n) is 1.86. The zero-order valence-electron chi connectivity index (χ0n) is 10.9. The van der Waals surface area contributed by atoms with E-state index < -0.39 is 0 Å². The maximum atomic E-state index is 5.78. The quantitative estimate of drug-likeness (QED) is 0.751. The highest BCUT2D eigenvalue weighted by molar-refractivity contribution is 7.80. The van der Waals surface area contributed by atoms with Crippen molar-refractivity contribution in [2.24, 2.45) is 11.3 Å². The van der Waals surface area contributed by atoms with Crippen molar-refractivity contribution in [3.63, 3.8) is 0 Å². The number of hydrogen-bond acceptors (Lipinski definition) is 3. The average molecular weight is 246 g/mol. The van der Waals surface area contributed by atoms with Crippen molar-refractivity contribution in [1.29, 1.82) is 0 Å². The second kappa shape index (κ2) is 6.87. The summed E-state index contributed by atoms with van der Waals surface area (Å²) in [4.78, 5) is 0. The van der Waals surface area contributed by atoms with E-state index in [0.717, 1.165) is 32.0 Å². The highest BCUT2D eigenvalue weighted by Crippen LogP contribution is 2.27. The van der Waals surface area contributed by atoms with Gasteiger partial charge in [0.15, 0.2) is 0 Å². The van der Waals surface area contributed by atoms with Gasteiger partial charge in [0.1, 0.15) is 0 Å². The molecule has 0 amide bonds. The fourth-order valence-corrected chi connectivity index (χ4v) is 2.51. The smallest absolute Gasteiger partial charge is 0.0808 e. The van der Waals surface area contributed by atoms with Crippen LogP contribution >= 0.6 is 12.6 Å². The van der Waals surface area contributed by atoms with Crippen LogP contribution in [0.15, 0.2) is 0 Å². The molecular formula is C13H26O2S. The monoisotopic (exact) mass is 246 g/mol. The van der Waals surface area contributed by atoms with E-state index in [9.17, 15) is 0 Å². The Morgan fingerprint density at radius 3 is 2.62 bits per heavy atom. The molecular weight excluding hydrogens is 220 g/mol. The molecule has 1 rings (SSSR count). The summed E-state index contributed by atoms with van der Waals surface area (Å²) in [7, 11) is 0. The third-order valence-electron chi connectivity index (χ3n) is 3.34. The molecule has 0 aromatic heterocycles. The van der Waals surface area contributed by atoms with E-state index in [-0.39, 0.29) is 5.41 Å². The van der Waals surface area contributed by atoms with Gasteiger partial charge >= 0.3 is 0 Å². The third kappa shape index (κ3) is 5.07. The first-order chi connectivity index (χ1) is 7.54. The molecule has 1 fully saturated rings. The Kier molecular flexibility index (Phi) is 6.16. The summed E-state index contributed by atoms with van der Waals surface area (Å²) in [6, 6.07) is 0. The summed E-state index contributed by atoms with van der Waals surface area (Å²) >= 11 is 4.40. The van der Waals surface area contributed by atoms with Gasteiger partial charge in [0.2, 0.25) is 0 Å². The minimum absolute atomic E-state index is 0.273. The van der Waals surface area contributed by atoms with Crippen LogP contribution in [0.5, 0.6) is 0 Å². The standard InChI is InChI=1S/C13H26O2S/c1-13(2,3)11(10-16)8-14-9-12-6-4-5-7-15-12/h11-12,16H,4-10H2,1-3H3. The summed E-state index contributed by atoms with van der Waals surface area (Å²) in [5.41, 5.74) is 0.273. The Morgan fingerprint density at radius 2 is 2.12 bits per heavy atom. The Hall–Kier alpha value is 0.270. The molecule has 0 spiro atoms. The third-order valence-corrected chi connectivity index (χ3v) is 3.78. The molecule has 0 aromatic carbocycles. The average Bonchev–Trinajstić information content (AvgIpc) is 2.24. The second-order valence-corrected chi connectivity index (χ2v) is 6.14. The van der Waals surface area contributed by atoms with Gasteiger partial charge in [-0.15, -0.1) is 0 Å². The van der Waals surface area contributed by atoms with Gasteiger partial charge in [-0.2, -0.15) is 12.6 Å². The van der Waals surface area contributed by atoms with Crippen LogP contribution in [-0.4, -0.2) is 31.7 Å². The molecule has 0 aliphatic carbocycles. The van der Waals surface area contributed by atoms with Crippen LogP contribution in [0.1, 0.15) is 40.0 Å².